The van der Waals surface area contributed by atoms with Crippen LogP contribution in [0.3, 0.4) is 0 Å². The van der Waals surface area contributed by atoms with Crippen LogP contribution in [-0.4, -0.2) is 0 Å². The molecule has 33 heavy (non-hydrogen) atoms. The van der Waals surface area contributed by atoms with Crippen molar-refractivity contribution < 1.29 is 9.30 Å². The van der Waals surface area contributed by atoms with Crippen molar-refractivity contribution in [1.29, 1.82) is 0 Å². The Kier molecular flexibility index (Phi) is 5.23. The van der Waals surface area contributed by atoms with Gasteiger partial charge in [-0.1, -0.05) is 51.5 Å². The number of pyridine rings is 1. The first-order valence-corrected chi connectivity index (χ1v) is 12.4. The summed E-state index contributed by atoms with van der Waals surface area (Å²) in [6, 6.07) is 11.6. The SMILES string of the molecule is Cc1cc(C)c2c(CC(C)C)c3c(c(C)c2c1)-c1c2c(cc(CC(C)C)cc2cc[n+]1C)O3. The molecular formula is C31H36NO+. The maximum absolute atomic E-state index is 6.92. The molecule has 0 bridgehead atoms. The third-order valence-corrected chi connectivity index (χ3v) is 7.03. The van der Waals surface area contributed by atoms with Gasteiger partial charge in [-0.2, -0.15) is 0 Å². The lowest BCUT2D eigenvalue weighted by molar-refractivity contribution is -0.659. The molecule has 2 heterocycles. The number of rotatable bonds is 4. The van der Waals surface area contributed by atoms with Crippen LogP contribution in [0.2, 0.25) is 0 Å². The molecule has 5 rings (SSSR count). The smallest absolute Gasteiger partial charge is 0.228 e. The van der Waals surface area contributed by atoms with Crippen LogP contribution in [0.4, 0.5) is 0 Å². The molecule has 0 fully saturated rings. The minimum Gasteiger partial charge on any atom is -0.455 e. The van der Waals surface area contributed by atoms with Gasteiger partial charge in [-0.05, 0) is 84.4 Å². The van der Waals surface area contributed by atoms with Crippen molar-refractivity contribution in [2.75, 3.05) is 0 Å². The van der Waals surface area contributed by atoms with Crippen molar-refractivity contribution in [1.82, 2.24) is 0 Å². The van der Waals surface area contributed by atoms with Gasteiger partial charge >= 0.3 is 0 Å². The third-order valence-electron chi connectivity index (χ3n) is 7.03. The van der Waals surface area contributed by atoms with Gasteiger partial charge in [-0.25, -0.2) is 4.57 Å². The van der Waals surface area contributed by atoms with Crippen LogP contribution in [0.1, 0.15) is 55.5 Å². The van der Waals surface area contributed by atoms with Gasteiger partial charge in [0, 0.05) is 11.6 Å². The molecule has 0 amide bonds. The highest BCUT2D eigenvalue weighted by atomic mass is 16.5. The van der Waals surface area contributed by atoms with Crippen LogP contribution in [-0.2, 0) is 19.9 Å². The first kappa shape index (κ1) is 21.9. The van der Waals surface area contributed by atoms with E-state index < -0.39 is 0 Å². The van der Waals surface area contributed by atoms with E-state index in [1.807, 2.05) is 0 Å². The van der Waals surface area contributed by atoms with Crippen LogP contribution in [0.25, 0.3) is 32.8 Å². The molecule has 3 aromatic carbocycles. The van der Waals surface area contributed by atoms with Gasteiger partial charge in [-0.3, -0.25) is 0 Å². The zero-order valence-electron chi connectivity index (χ0n) is 21.4. The van der Waals surface area contributed by atoms with Crippen molar-refractivity contribution in [3.8, 4) is 22.8 Å². The first-order valence-electron chi connectivity index (χ1n) is 12.4. The largest absolute Gasteiger partial charge is 0.455 e. The minimum atomic E-state index is 0.544. The summed E-state index contributed by atoms with van der Waals surface area (Å²) in [7, 11) is 2.17. The molecule has 2 nitrogen and oxygen atoms in total. The summed E-state index contributed by atoms with van der Waals surface area (Å²) in [5.41, 5.74) is 9.23. The second kappa shape index (κ2) is 7.87. The van der Waals surface area contributed by atoms with Gasteiger partial charge in [0.05, 0.1) is 10.9 Å². The van der Waals surface area contributed by atoms with E-state index >= 15 is 0 Å². The molecule has 1 aliphatic heterocycles. The predicted octanol–water partition coefficient (Wildman–Crippen LogP) is 7.91. The van der Waals surface area contributed by atoms with Gasteiger partial charge < -0.3 is 4.74 Å². The molecule has 0 aliphatic carbocycles. The molecule has 4 aromatic rings. The Morgan fingerprint density at radius 2 is 1.61 bits per heavy atom. The van der Waals surface area contributed by atoms with Crippen molar-refractivity contribution >= 4 is 21.5 Å². The summed E-state index contributed by atoms with van der Waals surface area (Å²) >= 11 is 0. The van der Waals surface area contributed by atoms with Crippen molar-refractivity contribution in [3.05, 3.63) is 64.3 Å². The Bertz CT molecular complexity index is 1430. The summed E-state index contributed by atoms with van der Waals surface area (Å²) in [5, 5.41) is 5.25. The van der Waals surface area contributed by atoms with E-state index in [1.165, 1.54) is 60.6 Å². The highest BCUT2D eigenvalue weighted by molar-refractivity contribution is 6.07. The van der Waals surface area contributed by atoms with Gasteiger partial charge in [0.2, 0.25) is 5.69 Å². The van der Waals surface area contributed by atoms with E-state index in [0.29, 0.717) is 11.8 Å². The Labute approximate surface area is 198 Å². The van der Waals surface area contributed by atoms with E-state index in [4.69, 9.17) is 4.74 Å². The second-order valence-corrected chi connectivity index (χ2v) is 10.9. The number of hydrogen-bond donors (Lipinski definition) is 0. The topological polar surface area (TPSA) is 13.1 Å². The lowest BCUT2D eigenvalue weighted by Crippen LogP contribution is -2.32. The molecule has 1 aromatic heterocycles. The van der Waals surface area contributed by atoms with Crippen LogP contribution < -0.4 is 9.30 Å². The summed E-state index contributed by atoms with van der Waals surface area (Å²) in [6.07, 6.45) is 4.27. The second-order valence-electron chi connectivity index (χ2n) is 10.9. The number of aromatic nitrogens is 1. The quantitative estimate of drug-likeness (QED) is 0.260. The van der Waals surface area contributed by atoms with E-state index in [2.05, 4.69) is 96.6 Å². The van der Waals surface area contributed by atoms with Crippen molar-refractivity contribution in [3.63, 3.8) is 0 Å². The van der Waals surface area contributed by atoms with Crippen LogP contribution >= 0.6 is 0 Å². The molecule has 0 N–H and O–H groups in total. The third kappa shape index (κ3) is 3.51. The van der Waals surface area contributed by atoms with Crippen LogP contribution in [0.5, 0.6) is 11.5 Å². The Morgan fingerprint density at radius 1 is 0.879 bits per heavy atom. The Hall–Kier alpha value is -2.87. The maximum Gasteiger partial charge on any atom is 0.228 e. The number of aryl methyl sites for hydroxylation is 4. The van der Waals surface area contributed by atoms with Crippen molar-refractivity contribution in [2.45, 2.75) is 61.3 Å². The van der Waals surface area contributed by atoms with Crippen molar-refractivity contribution in [2.24, 2.45) is 18.9 Å². The Morgan fingerprint density at radius 3 is 2.30 bits per heavy atom. The molecule has 0 unspecified atom stereocenters. The lowest BCUT2D eigenvalue weighted by atomic mass is 9.84. The first-order chi connectivity index (χ1) is 15.7. The number of nitrogens with zero attached hydrogens (tertiary/aromatic N) is 1. The number of ether oxygens (including phenoxy) is 1. The predicted molar refractivity (Wildman–Crippen MR) is 139 cm³/mol. The summed E-state index contributed by atoms with van der Waals surface area (Å²) in [4.78, 5) is 0. The number of benzene rings is 3. The highest BCUT2D eigenvalue weighted by Gasteiger charge is 2.33. The monoisotopic (exact) mass is 438 g/mol. The number of fused-ring (bicyclic) bond motifs is 3. The van der Waals surface area contributed by atoms with E-state index in [-0.39, 0.29) is 0 Å². The summed E-state index contributed by atoms with van der Waals surface area (Å²) in [5.74, 6) is 3.23. The highest BCUT2D eigenvalue weighted by Crippen LogP contribution is 2.51. The zero-order chi connectivity index (χ0) is 23.6. The fraction of sp³-hybridized carbons (Fsp3) is 0.387. The van der Waals surface area contributed by atoms with Gasteiger partial charge in [-0.15, -0.1) is 0 Å². The van der Waals surface area contributed by atoms with Gasteiger partial charge in [0.25, 0.3) is 0 Å². The molecule has 1 aliphatic rings. The maximum atomic E-state index is 6.92. The molecule has 0 spiro atoms. The molecule has 0 atom stereocenters. The van der Waals surface area contributed by atoms with E-state index in [9.17, 15) is 0 Å². The van der Waals surface area contributed by atoms with Crippen LogP contribution in [0, 0.1) is 32.6 Å². The molecule has 2 heteroatoms. The standard InChI is InChI=1S/C31H36NO/c1-17(2)11-22-15-23-9-10-32(8)30-28-21(7)24-14-19(5)13-20(6)27(24)25(12-18(3)4)31(28)33-26(16-22)29(23)30/h9-10,13-18H,11-12H2,1-8H3/q+1. The Balaban J connectivity index is 1.94. The summed E-state index contributed by atoms with van der Waals surface area (Å²) < 4.78 is 9.21. The molecule has 0 radical (unpaired) electrons. The van der Waals surface area contributed by atoms with Gasteiger partial charge in [0.15, 0.2) is 6.20 Å². The minimum absolute atomic E-state index is 0.544. The fourth-order valence-electron chi connectivity index (χ4n) is 5.84. The summed E-state index contributed by atoms with van der Waals surface area (Å²) in [6.45, 7) is 15.9. The number of hydrogen-bond acceptors (Lipinski definition) is 1. The molecule has 0 saturated carbocycles. The molecule has 170 valence electrons. The van der Waals surface area contributed by atoms with Crippen LogP contribution in [0.15, 0.2) is 36.5 Å². The normalized spacial score (nSPS) is 12.7. The van der Waals surface area contributed by atoms with E-state index in [0.717, 1.165) is 24.3 Å². The molecule has 0 saturated heterocycles. The average molecular weight is 439 g/mol. The zero-order valence-corrected chi connectivity index (χ0v) is 21.4. The lowest BCUT2D eigenvalue weighted by Gasteiger charge is -2.27. The fourth-order valence-corrected chi connectivity index (χ4v) is 5.84. The molecular weight excluding hydrogens is 402 g/mol. The average Bonchev–Trinajstić information content (AvgIpc) is 2.72. The van der Waals surface area contributed by atoms with E-state index in [1.54, 1.807) is 0 Å². The van der Waals surface area contributed by atoms with Gasteiger partial charge in [0.1, 0.15) is 18.5 Å².